The first-order chi connectivity index (χ1) is 18.6. The highest BCUT2D eigenvalue weighted by Gasteiger charge is 2.77. The monoisotopic (exact) mass is 526 g/mol. The van der Waals surface area contributed by atoms with Gasteiger partial charge in [-0.2, -0.15) is 0 Å². The van der Waals surface area contributed by atoms with Crippen LogP contribution < -0.4 is 0 Å². The number of H-pyrrole nitrogens is 2. The zero-order valence-corrected chi connectivity index (χ0v) is 21.7. The van der Waals surface area contributed by atoms with Crippen molar-refractivity contribution in [1.82, 2.24) is 29.6 Å². The van der Waals surface area contributed by atoms with Crippen LogP contribution in [-0.4, -0.2) is 92.3 Å². The van der Waals surface area contributed by atoms with Crippen molar-refractivity contribution in [3.63, 3.8) is 0 Å². The van der Waals surface area contributed by atoms with Gasteiger partial charge in [-0.3, -0.25) is 19.4 Å². The largest absolute Gasteiger partial charge is 0.385 e. The van der Waals surface area contributed by atoms with E-state index in [2.05, 4.69) is 9.97 Å². The number of aromatic nitrogens is 2. The van der Waals surface area contributed by atoms with Crippen LogP contribution in [0.25, 0.3) is 21.8 Å². The van der Waals surface area contributed by atoms with Crippen molar-refractivity contribution in [3.05, 3.63) is 71.5 Å². The van der Waals surface area contributed by atoms with E-state index in [1.807, 2.05) is 36.4 Å². The Morgan fingerprint density at radius 3 is 1.97 bits per heavy atom. The van der Waals surface area contributed by atoms with E-state index in [0.717, 1.165) is 15.3 Å². The number of carbonyl (C=O) groups excluding carboxylic acids is 4. The lowest BCUT2D eigenvalue weighted by molar-refractivity contribution is -0.151. The van der Waals surface area contributed by atoms with Crippen molar-refractivity contribution >= 4 is 45.7 Å². The third-order valence-corrected chi connectivity index (χ3v) is 9.12. The Morgan fingerprint density at radius 2 is 1.36 bits per heavy atom. The number of nitrogens with zero attached hydrogens (tertiary/aromatic N) is 4. The highest BCUT2D eigenvalue weighted by molar-refractivity contribution is 6.14. The Bertz CT molecular complexity index is 1770. The average molecular weight is 527 g/mol. The molecule has 0 saturated carbocycles. The van der Waals surface area contributed by atoms with Gasteiger partial charge in [-0.25, -0.2) is 9.59 Å². The molecule has 11 heteroatoms. The summed E-state index contributed by atoms with van der Waals surface area (Å²) in [6.45, 7) is 0. The number of aliphatic hydroxyl groups excluding tert-OH is 1. The topological polar surface area (TPSA) is 133 Å². The molecule has 2 aromatic carbocycles. The quantitative estimate of drug-likeness (QED) is 0.328. The normalized spacial score (nSPS) is 28.8. The smallest absolute Gasteiger partial charge is 0.327 e. The van der Waals surface area contributed by atoms with Crippen molar-refractivity contribution in [2.75, 3.05) is 28.2 Å². The highest BCUT2D eigenvalue weighted by Crippen LogP contribution is 2.64. The molecule has 2 spiro atoms. The van der Waals surface area contributed by atoms with Gasteiger partial charge in [-0.15, -0.1) is 0 Å². The van der Waals surface area contributed by atoms with E-state index >= 15 is 0 Å². The van der Waals surface area contributed by atoms with Gasteiger partial charge < -0.3 is 24.9 Å². The van der Waals surface area contributed by atoms with Crippen LogP contribution in [0.4, 0.5) is 9.59 Å². The number of rotatable bonds is 1. The summed E-state index contributed by atoms with van der Waals surface area (Å²) in [5.74, 6) is -2.40. The number of hydrogen-bond donors (Lipinski definition) is 3. The minimum atomic E-state index is -1.95. The first-order valence-electron chi connectivity index (χ1n) is 12.6. The second-order valence-electron chi connectivity index (χ2n) is 10.6. The summed E-state index contributed by atoms with van der Waals surface area (Å²) in [6.07, 6.45) is 0.175. The third-order valence-electron chi connectivity index (χ3n) is 9.12. The molecule has 2 fully saturated rings. The molecular formula is C28H26N6O5. The second kappa shape index (κ2) is 7.26. The Labute approximate surface area is 222 Å². The summed E-state index contributed by atoms with van der Waals surface area (Å²) < 4.78 is 0. The van der Waals surface area contributed by atoms with Crippen LogP contribution in [0.3, 0.4) is 0 Å². The summed E-state index contributed by atoms with van der Waals surface area (Å²) in [5.41, 5.74) is -1.20. The molecule has 39 heavy (non-hydrogen) atoms. The van der Waals surface area contributed by atoms with Gasteiger partial charge in [-0.05, 0) is 17.7 Å². The number of carbonyl (C=O) groups is 4. The van der Waals surface area contributed by atoms with E-state index in [0.29, 0.717) is 33.1 Å². The SMILES string of the molecule is CN1C(=O)N(C)[C@@]2(C1=O)[C@@H](O)c1c([nH]c3ccccc13)[C@@]1(C(=O)N(C)C(=O)N1C)[C@H]2c1c[nH]c2ccccc12. The number of hydrogen-bond acceptors (Lipinski definition) is 5. The maximum absolute atomic E-state index is 14.5. The average Bonchev–Trinajstić information content (AvgIpc) is 3.63. The van der Waals surface area contributed by atoms with Gasteiger partial charge in [0.1, 0.15) is 6.10 Å². The van der Waals surface area contributed by atoms with Gasteiger partial charge in [0.05, 0.1) is 11.6 Å². The molecule has 3 aliphatic rings. The summed E-state index contributed by atoms with van der Waals surface area (Å²) in [4.78, 5) is 67.1. The molecule has 2 aromatic heterocycles. The van der Waals surface area contributed by atoms with Gasteiger partial charge in [-0.1, -0.05) is 36.4 Å². The van der Waals surface area contributed by atoms with Crippen molar-refractivity contribution in [1.29, 1.82) is 0 Å². The van der Waals surface area contributed by atoms with E-state index in [1.165, 1.54) is 38.0 Å². The molecule has 2 aliphatic heterocycles. The number of aliphatic hydroxyl groups is 1. The lowest BCUT2D eigenvalue weighted by Crippen LogP contribution is -2.69. The van der Waals surface area contributed by atoms with Gasteiger partial charge in [0, 0.05) is 61.8 Å². The van der Waals surface area contributed by atoms with Crippen LogP contribution in [0.2, 0.25) is 0 Å². The molecule has 4 atom stereocenters. The molecule has 4 heterocycles. The Morgan fingerprint density at radius 1 is 0.769 bits per heavy atom. The van der Waals surface area contributed by atoms with Crippen molar-refractivity contribution in [2.24, 2.45) is 0 Å². The molecule has 0 unspecified atom stereocenters. The maximum Gasteiger partial charge on any atom is 0.327 e. The fourth-order valence-electron chi connectivity index (χ4n) is 7.34. The molecule has 7 rings (SSSR count). The predicted molar refractivity (Wildman–Crippen MR) is 141 cm³/mol. The fraction of sp³-hybridized carbons (Fsp3) is 0.286. The Hall–Kier alpha value is -4.64. The zero-order chi connectivity index (χ0) is 27.6. The number of likely N-dealkylation sites (N-methyl/N-ethyl adjacent to an activating group) is 4. The van der Waals surface area contributed by atoms with Crippen molar-refractivity contribution in [2.45, 2.75) is 23.1 Å². The Kier molecular flexibility index (Phi) is 4.37. The molecular weight excluding hydrogens is 500 g/mol. The summed E-state index contributed by atoms with van der Waals surface area (Å²) in [6, 6.07) is 13.4. The van der Waals surface area contributed by atoms with E-state index in [9.17, 15) is 24.3 Å². The standard InChI is InChI=1S/C28H26N6O5/c1-31-23(36)27(33(3)25(31)38)20(16-13-29-17-11-7-5-9-14(16)17)28(24(37)32(2)26(39)34(28)4)22(35)19-15-10-6-8-12-18(15)30-21(19)27/h5-13,20,22,29-30,35H,1-4H3/t20-,22+,27-,28-/m1/s1. The lowest BCUT2D eigenvalue weighted by atomic mass is 9.57. The number of benzene rings is 2. The number of fused-ring (bicyclic) bond motifs is 5. The van der Waals surface area contributed by atoms with Gasteiger partial charge in [0.2, 0.25) is 0 Å². The summed E-state index contributed by atoms with van der Waals surface area (Å²) >= 11 is 0. The van der Waals surface area contributed by atoms with Crippen LogP contribution in [0.1, 0.15) is 28.8 Å². The molecule has 2 saturated heterocycles. The van der Waals surface area contributed by atoms with E-state index < -0.39 is 47.0 Å². The van der Waals surface area contributed by atoms with Crippen LogP contribution in [0, 0.1) is 0 Å². The van der Waals surface area contributed by atoms with Crippen molar-refractivity contribution < 1.29 is 24.3 Å². The summed E-state index contributed by atoms with van der Waals surface area (Å²) in [7, 11) is 5.76. The molecule has 4 aromatic rings. The predicted octanol–water partition coefficient (Wildman–Crippen LogP) is 2.46. The minimum absolute atomic E-state index is 0.313. The van der Waals surface area contributed by atoms with Gasteiger partial charge >= 0.3 is 12.1 Å². The summed E-state index contributed by atoms with van der Waals surface area (Å²) in [5, 5.41) is 13.7. The lowest BCUT2D eigenvalue weighted by Gasteiger charge is -2.54. The van der Waals surface area contributed by atoms with E-state index in [4.69, 9.17) is 0 Å². The highest BCUT2D eigenvalue weighted by atomic mass is 16.3. The zero-order valence-electron chi connectivity index (χ0n) is 21.7. The molecule has 1 aliphatic carbocycles. The van der Waals surface area contributed by atoms with Crippen LogP contribution in [0.5, 0.6) is 0 Å². The second-order valence-corrected chi connectivity index (χ2v) is 10.6. The van der Waals surface area contributed by atoms with Gasteiger partial charge in [0.15, 0.2) is 11.1 Å². The number of aromatic amines is 2. The number of urea groups is 2. The molecule has 3 N–H and O–H groups in total. The van der Waals surface area contributed by atoms with Crippen LogP contribution in [-0.2, 0) is 15.1 Å². The van der Waals surface area contributed by atoms with Crippen LogP contribution in [0.15, 0.2) is 54.7 Å². The number of nitrogens with one attached hydrogen (secondary N) is 2. The first kappa shape index (κ1) is 23.5. The molecule has 6 amide bonds. The maximum atomic E-state index is 14.5. The molecule has 11 nitrogen and oxygen atoms in total. The minimum Gasteiger partial charge on any atom is -0.385 e. The van der Waals surface area contributed by atoms with Gasteiger partial charge in [0.25, 0.3) is 11.8 Å². The third kappa shape index (κ3) is 2.34. The fourth-order valence-corrected chi connectivity index (χ4v) is 7.34. The van der Waals surface area contributed by atoms with E-state index in [-0.39, 0.29) is 0 Å². The van der Waals surface area contributed by atoms with Crippen molar-refractivity contribution in [3.8, 4) is 0 Å². The molecule has 0 radical (unpaired) electrons. The molecule has 198 valence electrons. The molecule has 0 bridgehead atoms. The first-order valence-corrected chi connectivity index (χ1v) is 12.6. The number of imide groups is 2. The Balaban J connectivity index is 1.72. The number of para-hydroxylation sites is 2. The van der Waals surface area contributed by atoms with Crippen LogP contribution >= 0.6 is 0 Å². The number of amides is 6. The van der Waals surface area contributed by atoms with E-state index in [1.54, 1.807) is 18.3 Å².